The molecule has 0 aliphatic carbocycles. The van der Waals surface area contributed by atoms with Gasteiger partial charge >= 0.3 is 0 Å². The molecular weight excluding hydrogens is 200 g/mol. The van der Waals surface area contributed by atoms with Crippen LogP contribution in [0.4, 0.5) is 0 Å². The molecular formula is C12H22N4. The van der Waals surface area contributed by atoms with Crippen molar-refractivity contribution in [1.29, 1.82) is 0 Å². The largest absolute Gasteiger partial charge is 0.271 e. The Bertz CT molecular complexity index is 312. The molecule has 90 valence electrons. The van der Waals surface area contributed by atoms with Crippen molar-refractivity contribution in [3.8, 4) is 0 Å². The second-order valence-corrected chi connectivity index (χ2v) is 4.57. The standard InChI is InChI=1S/C12H22N4/c1-9(2)5-4-6-12(16-13)11-7-8-14-10(3)15-11/h7-9,12,16H,4-6,13H2,1-3H3. The van der Waals surface area contributed by atoms with Gasteiger partial charge in [-0.05, 0) is 25.3 Å². The zero-order valence-electron chi connectivity index (χ0n) is 10.4. The molecule has 0 aromatic carbocycles. The van der Waals surface area contributed by atoms with E-state index < -0.39 is 0 Å². The molecule has 0 radical (unpaired) electrons. The third-order valence-electron chi connectivity index (χ3n) is 2.63. The van der Waals surface area contributed by atoms with E-state index in [4.69, 9.17) is 5.84 Å². The Morgan fingerprint density at radius 2 is 2.12 bits per heavy atom. The summed E-state index contributed by atoms with van der Waals surface area (Å²) in [5.41, 5.74) is 3.81. The molecule has 0 spiro atoms. The van der Waals surface area contributed by atoms with Gasteiger partial charge in [-0.1, -0.05) is 26.7 Å². The molecule has 0 saturated carbocycles. The molecule has 4 heteroatoms. The molecule has 0 fully saturated rings. The van der Waals surface area contributed by atoms with Crippen molar-refractivity contribution in [2.45, 2.75) is 46.1 Å². The quantitative estimate of drug-likeness (QED) is 0.571. The van der Waals surface area contributed by atoms with Crippen LogP contribution in [0.15, 0.2) is 12.3 Å². The number of aromatic nitrogens is 2. The van der Waals surface area contributed by atoms with Gasteiger partial charge in [0.2, 0.25) is 0 Å². The Labute approximate surface area is 97.7 Å². The minimum Gasteiger partial charge on any atom is -0.271 e. The third kappa shape index (κ3) is 4.24. The number of nitrogens with one attached hydrogen (secondary N) is 1. The first-order valence-electron chi connectivity index (χ1n) is 5.89. The molecule has 0 amide bonds. The molecule has 0 aliphatic rings. The first-order valence-corrected chi connectivity index (χ1v) is 5.89. The summed E-state index contributed by atoms with van der Waals surface area (Å²) in [4.78, 5) is 8.47. The number of nitrogens with two attached hydrogens (primary N) is 1. The average Bonchev–Trinajstić information content (AvgIpc) is 2.24. The molecule has 1 heterocycles. The minimum absolute atomic E-state index is 0.139. The van der Waals surface area contributed by atoms with E-state index in [9.17, 15) is 0 Å². The molecule has 0 aliphatic heterocycles. The van der Waals surface area contributed by atoms with Gasteiger partial charge in [-0.15, -0.1) is 0 Å². The van der Waals surface area contributed by atoms with E-state index in [1.165, 1.54) is 6.42 Å². The van der Waals surface area contributed by atoms with E-state index in [1.54, 1.807) is 6.20 Å². The molecule has 1 atom stereocenters. The fraction of sp³-hybridized carbons (Fsp3) is 0.667. The summed E-state index contributed by atoms with van der Waals surface area (Å²) in [5, 5.41) is 0. The fourth-order valence-electron chi connectivity index (χ4n) is 1.72. The van der Waals surface area contributed by atoms with E-state index in [0.717, 1.165) is 30.3 Å². The molecule has 16 heavy (non-hydrogen) atoms. The van der Waals surface area contributed by atoms with Gasteiger partial charge in [0.15, 0.2) is 0 Å². The Balaban J connectivity index is 2.53. The van der Waals surface area contributed by atoms with E-state index in [2.05, 4.69) is 29.2 Å². The van der Waals surface area contributed by atoms with Crippen LogP contribution in [0.2, 0.25) is 0 Å². The Morgan fingerprint density at radius 1 is 1.38 bits per heavy atom. The molecule has 4 nitrogen and oxygen atoms in total. The van der Waals surface area contributed by atoms with Gasteiger partial charge in [0.05, 0.1) is 11.7 Å². The third-order valence-corrected chi connectivity index (χ3v) is 2.63. The van der Waals surface area contributed by atoms with Crippen LogP contribution in [-0.2, 0) is 0 Å². The summed E-state index contributed by atoms with van der Waals surface area (Å²) in [7, 11) is 0. The number of hydrogen-bond donors (Lipinski definition) is 2. The predicted octanol–water partition coefficient (Wildman–Crippen LogP) is 2.12. The molecule has 0 bridgehead atoms. The average molecular weight is 222 g/mol. The van der Waals surface area contributed by atoms with Crippen molar-refractivity contribution >= 4 is 0 Å². The van der Waals surface area contributed by atoms with Gasteiger partial charge in [-0.3, -0.25) is 11.3 Å². The van der Waals surface area contributed by atoms with Crippen molar-refractivity contribution in [2.75, 3.05) is 0 Å². The van der Waals surface area contributed by atoms with Crippen LogP contribution in [0.3, 0.4) is 0 Å². The van der Waals surface area contributed by atoms with E-state index in [1.807, 2.05) is 13.0 Å². The van der Waals surface area contributed by atoms with Gasteiger partial charge in [-0.25, -0.2) is 9.97 Å². The highest BCUT2D eigenvalue weighted by molar-refractivity contribution is 5.06. The molecule has 1 unspecified atom stereocenters. The van der Waals surface area contributed by atoms with Crippen molar-refractivity contribution < 1.29 is 0 Å². The molecule has 3 N–H and O–H groups in total. The van der Waals surface area contributed by atoms with Gasteiger partial charge in [0.1, 0.15) is 5.82 Å². The maximum absolute atomic E-state index is 5.56. The first-order chi connectivity index (χ1) is 7.63. The zero-order chi connectivity index (χ0) is 12.0. The number of hydrogen-bond acceptors (Lipinski definition) is 4. The van der Waals surface area contributed by atoms with E-state index >= 15 is 0 Å². The smallest absolute Gasteiger partial charge is 0.125 e. The summed E-state index contributed by atoms with van der Waals surface area (Å²) in [6.07, 6.45) is 5.19. The highest BCUT2D eigenvalue weighted by atomic mass is 15.2. The fourth-order valence-corrected chi connectivity index (χ4v) is 1.72. The van der Waals surface area contributed by atoms with Gasteiger partial charge in [-0.2, -0.15) is 0 Å². The van der Waals surface area contributed by atoms with E-state index in [0.29, 0.717) is 0 Å². The van der Waals surface area contributed by atoms with Crippen molar-refractivity contribution in [1.82, 2.24) is 15.4 Å². The molecule has 0 saturated heterocycles. The Hall–Kier alpha value is -1.00. The summed E-state index contributed by atoms with van der Waals surface area (Å²) in [5.74, 6) is 7.10. The number of hydrazine groups is 1. The predicted molar refractivity (Wildman–Crippen MR) is 65.5 cm³/mol. The number of aryl methyl sites for hydroxylation is 1. The summed E-state index contributed by atoms with van der Waals surface area (Å²) in [6.45, 7) is 6.37. The lowest BCUT2D eigenvalue weighted by molar-refractivity contribution is 0.447. The van der Waals surface area contributed by atoms with Crippen LogP contribution in [0.1, 0.15) is 50.7 Å². The Kier molecular flexibility index (Phi) is 5.35. The van der Waals surface area contributed by atoms with Crippen molar-refractivity contribution in [3.63, 3.8) is 0 Å². The number of nitrogens with zero attached hydrogens (tertiary/aromatic N) is 2. The van der Waals surface area contributed by atoms with Gasteiger partial charge in [0, 0.05) is 6.20 Å². The normalized spacial score (nSPS) is 13.1. The first kappa shape index (κ1) is 13.1. The SMILES string of the molecule is Cc1nccc(C(CCCC(C)C)NN)n1. The van der Waals surface area contributed by atoms with Crippen molar-refractivity contribution in [2.24, 2.45) is 11.8 Å². The molecule has 1 aromatic rings. The summed E-state index contributed by atoms with van der Waals surface area (Å²) >= 11 is 0. The Morgan fingerprint density at radius 3 is 2.69 bits per heavy atom. The second-order valence-electron chi connectivity index (χ2n) is 4.57. The minimum atomic E-state index is 0.139. The lowest BCUT2D eigenvalue weighted by Gasteiger charge is -2.15. The highest BCUT2D eigenvalue weighted by Crippen LogP contribution is 2.18. The van der Waals surface area contributed by atoms with Crippen LogP contribution in [-0.4, -0.2) is 9.97 Å². The maximum atomic E-state index is 5.56. The lowest BCUT2D eigenvalue weighted by atomic mass is 10.0. The monoisotopic (exact) mass is 222 g/mol. The zero-order valence-corrected chi connectivity index (χ0v) is 10.4. The van der Waals surface area contributed by atoms with Crippen LogP contribution >= 0.6 is 0 Å². The van der Waals surface area contributed by atoms with Gasteiger partial charge in [0.25, 0.3) is 0 Å². The second kappa shape index (κ2) is 6.55. The van der Waals surface area contributed by atoms with Crippen LogP contribution < -0.4 is 11.3 Å². The topological polar surface area (TPSA) is 63.8 Å². The molecule has 1 rings (SSSR count). The van der Waals surface area contributed by atoms with Crippen LogP contribution in [0, 0.1) is 12.8 Å². The molecule has 1 aromatic heterocycles. The lowest BCUT2D eigenvalue weighted by Crippen LogP contribution is -2.29. The van der Waals surface area contributed by atoms with Gasteiger partial charge < -0.3 is 0 Å². The van der Waals surface area contributed by atoms with Crippen molar-refractivity contribution in [3.05, 3.63) is 23.8 Å². The van der Waals surface area contributed by atoms with E-state index in [-0.39, 0.29) is 6.04 Å². The summed E-state index contributed by atoms with van der Waals surface area (Å²) in [6, 6.07) is 2.06. The van der Waals surface area contributed by atoms with Crippen LogP contribution in [0.5, 0.6) is 0 Å². The highest BCUT2D eigenvalue weighted by Gasteiger charge is 2.11. The maximum Gasteiger partial charge on any atom is 0.125 e. The summed E-state index contributed by atoms with van der Waals surface area (Å²) < 4.78 is 0. The number of rotatable bonds is 6. The van der Waals surface area contributed by atoms with Crippen LogP contribution in [0.25, 0.3) is 0 Å².